The number of thiazole rings is 1. The van der Waals surface area contributed by atoms with Gasteiger partial charge in [0.1, 0.15) is 5.75 Å². The average molecular weight is 446 g/mol. The number of nitrogens with one attached hydrogen (secondary N) is 1. The van der Waals surface area contributed by atoms with Gasteiger partial charge < -0.3 is 10.1 Å². The number of carbonyl (C=O) groups excluding carboxylic acids is 1. The van der Waals surface area contributed by atoms with Gasteiger partial charge in [0.2, 0.25) is 15.9 Å². The molecule has 0 aliphatic heterocycles. The highest BCUT2D eigenvalue weighted by atomic mass is 32.2. The lowest BCUT2D eigenvalue weighted by Crippen LogP contribution is -2.24. The largest absolute Gasteiger partial charge is 0.496 e. The van der Waals surface area contributed by atoms with Crippen molar-refractivity contribution in [1.82, 2.24) is 4.98 Å². The Bertz CT molecular complexity index is 1160. The summed E-state index contributed by atoms with van der Waals surface area (Å²) < 4.78 is 29.8. The highest BCUT2D eigenvalue weighted by Crippen LogP contribution is 2.27. The molecule has 2 aromatic carbocycles. The van der Waals surface area contributed by atoms with Crippen LogP contribution in [0.3, 0.4) is 0 Å². The molecule has 0 aliphatic rings. The van der Waals surface area contributed by atoms with Crippen molar-refractivity contribution in [2.24, 2.45) is 0 Å². The third-order valence-corrected chi connectivity index (χ3v) is 6.53. The number of benzene rings is 2. The summed E-state index contributed by atoms with van der Waals surface area (Å²) >= 11 is 1.33. The molecule has 0 aliphatic carbocycles. The molecular formula is C21H23N3O4S2. The Kier molecular flexibility index (Phi) is 6.42. The van der Waals surface area contributed by atoms with E-state index in [-0.39, 0.29) is 12.3 Å². The molecule has 0 atom stereocenters. The summed E-state index contributed by atoms with van der Waals surface area (Å²) in [6.45, 7) is 1.97. The highest BCUT2D eigenvalue weighted by Gasteiger charge is 2.14. The van der Waals surface area contributed by atoms with Crippen molar-refractivity contribution in [1.29, 1.82) is 0 Å². The van der Waals surface area contributed by atoms with E-state index in [1.165, 1.54) is 22.7 Å². The zero-order chi connectivity index (χ0) is 21.9. The fraction of sp³-hybridized carbons (Fsp3) is 0.238. The number of carbonyl (C=O) groups is 1. The van der Waals surface area contributed by atoms with Gasteiger partial charge in [-0.25, -0.2) is 13.4 Å². The van der Waals surface area contributed by atoms with Crippen molar-refractivity contribution in [3.8, 4) is 17.0 Å². The van der Waals surface area contributed by atoms with Crippen molar-refractivity contribution < 1.29 is 17.9 Å². The molecule has 1 heterocycles. The Labute approximate surface area is 180 Å². The molecule has 0 bridgehead atoms. The average Bonchev–Trinajstić information content (AvgIpc) is 3.15. The summed E-state index contributed by atoms with van der Waals surface area (Å²) in [4.78, 5) is 16.9. The second-order valence-electron chi connectivity index (χ2n) is 6.86. The molecule has 0 fully saturated rings. The van der Waals surface area contributed by atoms with Crippen molar-refractivity contribution in [2.45, 2.75) is 13.3 Å². The predicted octanol–water partition coefficient (Wildman–Crippen LogP) is 3.70. The smallest absolute Gasteiger partial charge is 0.231 e. The third-order valence-electron chi connectivity index (χ3n) is 4.56. The zero-order valence-corrected chi connectivity index (χ0v) is 18.8. The van der Waals surface area contributed by atoms with Crippen LogP contribution in [0, 0.1) is 6.92 Å². The Morgan fingerprint density at radius 1 is 1.20 bits per heavy atom. The maximum atomic E-state index is 12.5. The summed E-state index contributed by atoms with van der Waals surface area (Å²) in [5.41, 5.74) is 3.98. The first-order valence-corrected chi connectivity index (χ1v) is 11.8. The maximum Gasteiger partial charge on any atom is 0.231 e. The first kappa shape index (κ1) is 21.8. The van der Waals surface area contributed by atoms with Crippen molar-refractivity contribution in [2.75, 3.05) is 30.0 Å². The monoisotopic (exact) mass is 445 g/mol. The van der Waals surface area contributed by atoms with E-state index in [9.17, 15) is 13.2 Å². The molecule has 0 saturated heterocycles. The van der Waals surface area contributed by atoms with Crippen LogP contribution < -0.4 is 14.4 Å². The minimum atomic E-state index is -3.31. The van der Waals surface area contributed by atoms with Gasteiger partial charge in [0.05, 0.1) is 31.2 Å². The molecule has 3 aromatic rings. The van der Waals surface area contributed by atoms with Crippen LogP contribution in [0.2, 0.25) is 0 Å². The van der Waals surface area contributed by atoms with Crippen LogP contribution in [0.1, 0.15) is 11.1 Å². The molecule has 9 heteroatoms. The Morgan fingerprint density at radius 3 is 2.53 bits per heavy atom. The van der Waals surface area contributed by atoms with Crippen LogP contribution >= 0.6 is 11.3 Å². The number of hydrogen-bond acceptors (Lipinski definition) is 6. The molecule has 0 radical (unpaired) electrons. The standard InChI is InChI=1S/C21H23N3O4S2/c1-14-5-10-19(28-3)16(11-14)12-20(25)23-21-22-18(13-29-21)15-6-8-17(9-7-15)24(2)30(4,26)27/h5-11,13H,12H2,1-4H3,(H,22,23,25). The van der Waals surface area contributed by atoms with Crippen molar-refractivity contribution in [3.63, 3.8) is 0 Å². The molecule has 1 N–H and O–H groups in total. The normalized spacial score (nSPS) is 11.2. The first-order chi connectivity index (χ1) is 14.2. The molecule has 1 amide bonds. The van der Waals surface area contributed by atoms with Gasteiger partial charge >= 0.3 is 0 Å². The molecule has 30 heavy (non-hydrogen) atoms. The van der Waals surface area contributed by atoms with Gasteiger partial charge in [-0.05, 0) is 25.1 Å². The fourth-order valence-corrected chi connectivity index (χ4v) is 4.12. The van der Waals surface area contributed by atoms with Crippen LogP contribution in [0.4, 0.5) is 10.8 Å². The number of methoxy groups -OCH3 is 1. The van der Waals surface area contributed by atoms with Crippen LogP contribution in [0.25, 0.3) is 11.3 Å². The second kappa shape index (κ2) is 8.85. The van der Waals surface area contributed by atoms with E-state index < -0.39 is 10.0 Å². The van der Waals surface area contributed by atoms with Crippen LogP contribution in [0.15, 0.2) is 47.8 Å². The number of aryl methyl sites for hydroxylation is 1. The van der Waals surface area contributed by atoms with Crippen molar-refractivity contribution in [3.05, 3.63) is 59.0 Å². The van der Waals surface area contributed by atoms with E-state index in [0.717, 1.165) is 22.9 Å². The van der Waals surface area contributed by atoms with Gasteiger partial charge in [0.25, 0.3) is 0 Å². The number of amides is 1. The highest BCUT2D eigenvalue weighted by molar-refractivity contribution is 7.92. The quantitative estimate of drug-likeness (QED) is 0.599. The Hall–Kier alpha value is -2.91. The van der Waals surface area contributed by atoms with Gasteiger partial charge in [-0.15, -0.1) is 11.3 Å². The lowest BCUT2D eigenvalue weighted by Gasteiger charge is -2.16. The molecule has 0 unspecified atom stereocenters. The molecular weight excluding hydrogens is 422 g/mol. The number of ether oxygens (including phenoxy) is 1. The van der Waals surface area contributed by atoms with E-state index in [0.29, 0.717) is 22.3 Å². The molecule has 0 saturated carbocycles. The number of rotatable bonds is 7. The van der Waals surface area contributed by atoms with E-state index in [1.54, 1.807) is 31.4 Å². The van der Waals surface area contributed by atoms with E-state index in [4.69, 9.17) is 4.74 Å². The number of aromatic nitrogens is 1. The fourth-order valence-electron chi connectivity index (χ4n) is 2.88. The third kappa shape index (κ3) is 5.17. The first-order valence-electron chi connectivity index (χ1n) is 9.10. The summed E-state index contributed by atoms with van der Waals surface area (Å²) in [6, 6.07) is 12.8. The predicted molar refractivity (Wildman–Crippen MR) is 121 cm³/mol. The minimum absolute atomic E-state index is 0.176. The van der Waals surface area contributed by atoms with Gasteiger partial charge in [-0.3, -0.25) is 9.10 Å². The Balaban J connectivity index is 1.69. The van der Waals surface area contributed by atoms with Gasteiger partial charge in [0, 0.05) is 23.6 Å². The lowest BCUT2D eigenvalue weighted by molar-refractivity contribution is -0.115. The summed E-state index contributed by atoms with van der Waals surface area (Å²) in [6.07, 6.45) is 1.34. The number of nitrogens with zero attached hydrogens (tertiary/aromatic N) is 2. The van der Waals surface area contributed by atoms with E-state index in [2.05, 4.69) is 10.3 Å². The van der Waals surface area contributed by atoms with Gasteiger partial charge in [-0.1, -0.05) is 29.8 Å². The zero-order valence-electron chi connectivity index (χ0n) is 17.2. The van der Waals surface area contributed by atoms with Crippen molar-refractivity contribution >= 4 is 38.1 Å². The molecule has 7 nitrogen and oxygen atoms in total. The molecule has 158 valence electrons. The number of hydrogen-bond donors (Lipinski definition) is 1. The van der Waals surface area contributed by atoms with Crippen LogP contribution in [-0.4, -0.2) is 39.7 Å². The van der Waals surface area contributed by atoms with Gasteiger partial charge in [-0.2, -0.15) is 0 Å². The van der Waals surface area contributed by atoms with Crippen LogP contribution in [-0.2, 0) is 21.2 Å². The number of sulfonamides is 1. The minimum Gasteiger partial charge on any atom is -0.496 e. The second-order valence-corrected chi connectivity index (χ2v) is 9.73. The lowest BCUT2D eigenvalue weighted by atomic mass is 10.1. The molecule has 1 aromatic heterocycles. The Morgan fingerprint density at radius 2 is 1.90 bits per heavy atom. The number of anilines is 2. The SMILES string of the molecule is COc1ccc(C)cc1CC(=O)Nc1nc(-c2ccc(N(C)S(C)(=O)=O)cc2)cs1. The van der Waals surface area contributed by atoms with Gasteiger partial charge in [0.15, 0.2) is 5.13 Å². The summed E-state index contributed by atoms with van der Waals surface area (Å²) in [5, 5.41) is 5.17. The summed E-state index contributed by atoms with van der Waals surface area (Å²) in [5.74, 6) is 0.500. The molecule has 3 rings (SSSR count). The maximum absolute atomic E-state index is 12.5. The van der Waals surface area contributed by atoms with E-state index >= 15 is 0 Å². The van der Waals surface area contributed by atoms with E-state index in [1.807, 2.05) is 30.5 Å². The summed E-state index contributed by atoms with van der Waals surface area (Å²) in [7, 11) is -0.228. The molecule has 0 spiro atoms. The topological polar surface area (TPSA) is 88.6 Å². The van der Waals surface area contributed by atoms with Crippen LogP contribution in [0.5, 0.6) is 5.75 Å².